The van der Waals surface area contributed by atoms with Crippen molar-refractivity contribution in [3.05, 3.63) is 70.8 Å². The van der Waals surface area contributed by atoms with Gasteiger partial charge < -0.3 is 4.74 Å². The van der Waals surface area contributed by atoms with E-state index < -0.39 is 0 Å². The van der Waals surface area contributed by atoms with Crippen LogP contribution in [0, 0.1) is 6.92 Å². The maximum Gasteiger partial charge on any atom is 0.338 e. The van der Waals surface area contributed by atoms with E-state index in [2.05, 4.69) is 44.2 Å². The largest absolute Gasteiger partial charge is 0.462 e. The lowest BCUT2D eigenvalue weighted by molar-refractivity contribution is 0.0498. The fourth-order valence-electron chi connectivity index (χ4n) is 2.38. The first-order valence-corrected chi connectivity index (χ1v) is 8.71. The molecule has 0 radical (unpaired) electrons. The molecule has 0 spiro atoms. The van der Waals surface area contributed by atoms with Gasteiger partial charge in [-0.3, -0.25) is 0 Å². The van der Waals surface area contributed by atoms with Crippen LogP contribution < -0.4 is 0 Å². The average molecular weight is 322 g/mol. The van der Waals surface area contributed by atoms with Crippen molar-refractivity contribution in [2.75, 3.05) is 6.61 Å². The Kier molecular flexibility index (Phi) is 7.28. The number of benzene rings is 2. The predicted molar refractivity (Wildman–Crippen MR) is 101 cm³/mol. The Hall–Kier alpha value is -2.35. The van der Waals surface area contributed by atoms with Gasteiger partial charge in [-0.15, -0.1) is 0 Å². The Balaban J connectivity index is 1.85. The average Bonchev–Trinajstić information content (AvgIpc) is 2.61. The zero-order valence-corrected chi connectivity index (χ0v) is 14.6. The summed E-state index contributed by atoms with van der Waals surface area (Å²) in [5.74, 6) is -0.236. The van der Waals surface area contributed by atoms with Gasteiger partial charge in [0.25, 0.3) is 0 Å². The molecule has 126 valence electrons. The second-order valence-corrected chi connectivity index (χ2v) is 6.06. The van der Waals surface area contributed by atoms with Crippen molar-refractivity contribution in [1.29, 1.82) is 0 Å². The molecule has 0 aliphatic rings. The van der Waals surface area contributed by atoms with Crippen molar-refractivity contribution in [1.82, 2.24) is 0 Å². The molecule has 2 aromatic carbocycles. The molecule has 0 amide bonds. The van der Waals surface area contributed by atoms with Gasteiger partial charge in [-0.05, 0) is 36.6 Å². The molecule has 2 heteroatoms. The van der Waals surface area contributed by atoms with Gasteiger partial charge in [0, 0.05) is 0 Å². The number of ether oxygens (including phenoxy) is 1. The zero-order chi connectivity index (χ0) is 17.2. The highest BCUT2D eigenvalue weighted by atomic mass is 16.5. The third kappa shape index (κ3) is 6.04. The molecule has 0 saturated carbocycles. The number of carbonyl (C=O) groups excluding carboxylic acids is 1. The molecule has 0 saturated heterocycles. The minimum atomic E-state index is -0.236. The Morgan fingerprint density at radius 1 is 0.875 bits per heavy atom. The number of hydrogen-bond acceptors (Lipinski definition) is 2. The van der Waals surface area contributed by atoms with Gasteiger partial charge in [-0.1, -0.05) is 80.3 Å². The topological polar surface area (TPSA) is 26.3 Å². The Labute approximate surface area is 145 Å². The molecule has 0 heterocycles. The number of aryl methyl sites for hydroxylation is 1. The second-order valence-electron chi connectivity index (χ2n) is 6.06. The summed E-state index contributed by atoms with van der Waals surface area (Å²) in [6, 6.07) is 15.9. The quantitative estimate of drug-likeness (QED) is 0.343. The Morgan fingerprint density at radius 2 is 1.46 bits per heavy atom. The van der Waals surface area contributed by atoms with Crippen LogP contribution >= 0.6 is 0 Å². The van der Waals surface area contributed by atoms with E-state index in [-0.39, 0.29) is 5.97 Å². The van der Waals surface area contributed by atoms with Crippen molar-refractivity contribution in [2.24, 2.45) is 0 Å². The SMILES string of the molecule is CCCCCCOC(=O)c1ccc(/C=C/c2ccc(C)cc2)cc1. The minimum Gasteiger partial charge on any atom is -0.462 e. The van der Waals surface area contributed by atoms with Crippen LogP contribution in [0.15, 0.2) is 48.5 Å². The van der Waals surface area contributed by atoms with E-state index in [1.807, 2.05) is 30.3 Å². The highest BCUT2D eigenvalue weighted by Crippen LogP contribution is 2.12. The Morgan fingerprint density at radius 3 is 2.04 bits per heavy atom. The van der Waals surface area contributed by atoms with E-state index in [9.17, 15) is 4.79 Å². The van der Waals surface area contributed by atoms with Crippen molar-refractivity contribution in [3.8, 4) is 0 Å². The molecule has 2 aromatic rings. The van der Waals surface area contributed by atoms with Gasteiger partial charge >= 0.3 is 5.97 Å². The summed E-state index contributed by atoms with van der Waals surface area (Å²) in [5.41, 5.74) is 4.09. The van der Waals surface area contributed by atoms with Crippen molar-refractivity contribution in [2.45, 2.75) is 39.5 Å². The van der Waals surface area contributed by atoms with Crippen LogP contribution in [0.2, 0.25) is 0 Å². The van der Waals surface area contributed by atoms with Gasteiger partial charge in [-0.25, -0.2) is 4.79 Å². The number of unbranched alkanes of at least 4 members (excludes halogenated alkanes) is 3. The molecule has 0 unspecified atom stereocenters. The van der Waals surface area contributed by atoms with Crippen LogP contribution in [0.3, 0.4) is 0 Å². The van der Waals surface area contributed by atoms with E-state index in [0.29, 0.717) is 12.2 Å². The minimum absolute atomic E-state index is 0.236. The van der Waals surface area contributed by atoms with Crippen LogP contribution in [0.4, 0.5) is 0 Å². The zero-order valence-electron chi connectivity index (χ0n) is 14.6. The molecule has 2 nitrogen and oxygen atoms in total. The summed E-state index contributed by atoms with van der Waals surface area (Å²) in [7, 11) is 0. The maximum atomic E-state index is 12.0. The third-order valence-electron chi connectivity index (χ3n) is 3.92. The third-order valence-corrected chi connectivity index (χ3v) is 3.92. The highest BCUT2D eigenvalue weighted by Gasteiger charge is 2.05. The van der Waals surface area contributed by atoms with Crippen LogP contribution in [-0.4, -0.2) is 12.6 Å². The second kappa shape index (κ2) is 9.71. The summed E-state index contributed by atoms with van der Waals surface area (Å²) < 4.78 is 5.30. The lowest BCUT2D eigenvalue weighted by Crippen LogP contribution is -2.06. The molecule has 0 aliphatic heterocycles. The molecule has 0 aliphatic carbocycles. The molecule has 0 fully saturated rings. The normalized spacial score (nSPS) is 10.9. The smallest absolute Gasteiger partial charge is 0.338 e. The summed E-state index contributed by atoms with van der Waals surface area (Å²) in [6.45, 7) is 4.75. The van der Waals surface area contributed by atoms with Gasteiger partial charge in [0.15, 0.2) is 0 Å². The molecule has 0 N–H and O–H groups in total. The molecule has 24 heavy (non-hydrogen) atoms. The molecule has 2 rings (SSSR count). The first kappa shape index (κ1) is 18.0. The van der Waals surface area contributed by atoms with E-state index in [4.69, 9.17) is 4.74 Å². The molecule has 0 aromatic heterocycles. The van der Waals surface area contributed by atoms with E-state index >= 15 is 0 Å². The summed E-state index contributed by atoms with van der Waals surface area (Å²) in [4.78, 5) is 12.0. The van der Waals surface area contributed by atoms with Crippen molar-refractivity contribution in [3.63, 3.8) is 0 Å². The number of rotatable bonds is 8. The standard InChI is InChI=1S/C22H26O2/c1-3-4-5-6-17-24-22(23)21-15-13-20(14-16-21)12-11-19-9-7-18(2)8-10-19/h7-16H,3-6,17H2,1-2H3/b12-11+. The summed E-state index contributed by atoms with van der Waals surface area (Å²) in [5, 5.41) is 0. The number of esters is 1. The van der Waals surface area contributed by atoms with Gasteiger partial charge in [0.2, 0.25) is 0 Å². The van der Waals surface area contributed by atoms with Crippen molar-refractivity contribution < 1.29 is 9.53 Å². The molecule has 0 bridgehead atoms. The number of hydrogen-bond donors (Lipinski definition) is 0. The first-order valence-electron chi connectivity index (χ1n) is 8.71. The van der Waals surface area contributed by atoms with E-state index in [1.54, 1.807) is 0 Å². The lowest BCUT2D eigenvalue weighted by Gasteiger charge is -2.05. The maximum absolute atomic E-state index is 12.0. The van der Waals surface area contributed by atoms with Crippen LogP contribution in [0.5, 0.6) is 0 Å². The fourth-order valence-corrected chi connectivity index (χ4v) is 2.38. The molecular formula is C22H26O2. The van der Waals surface area contributed by atoms with Gasteiger partial charge in [0.05, 0.1) is 12.2 Å². The summed E-state index contributed by atoms with van der Waals surface area (Å²) in [6.07, 6.45) is 8.56. The fraction of sp³-hybridized carbons (Fsp3) is 0.318. The first-order chi connectivity index (χ1) is 11.7. The van der Waals surface area contributed by atoms with E-state index in [0.717, 1.165) is 24.0 Å². The monoisotopic (exact) mass is 322 g/mol. The lowest BCUT2D eigenvalue weighted by atomic mass is 10.1. The van der Waals surface area contributed by atoms with Crippen LogP contribution in [0.25, 0.3) is 12.2 Å². The van der Waals surface area contributed by atoms with Crippen LogP contribution in [-0.2, 0) is 4.74 Å². The predicted octanol–water partition coefficient (Wildman–Crippen LogP) is 5.90. The highest BCUT2D eigenvalue weighted by molar-refractivity contribution is 5.89. The van der Waals surface area contributed by atoms with Gasteiger partial charge in [0.1, 0.15) is 0 Å². The molecule has 0 atom stereocenters. The van der Waals surface area contributed by atoms with Gasteiger partial charge in [-0.2, -0.15) is 0 Å². The number of carbonyl (C=O) groups is 1. The van der Waals surface area contributed by atoms with Crippen LogP contribution in [0.1, 0.15) is 59.7 Å². The Bertz CT molecular complexity index is 651. The van der Waals surface area contributed by atoms with E-state index in [1.165, 1.54) is 18.4 Å². The van der Waals surface area contributed by atoms with Crippen molar-refractivity contribution >= 4 is 18.1 Å². The summed E-state index contributed by atoms with van der Waals surface area (Å²) >= 11 is 0. The molecular weight excluding hydrogens is 296 g/mol.